The molecule has 0 radical (unpaired) electrons. The van der Waals surface area contributed by atoms with Crippen molar-refractivity contribution in [3.63, 3.8) is 0 Å². The topological polar surface area (TPSA) is 76.5 Å². The lowest BCUT2D eigenvalue weighted by Gasteiger charge is -2.41. The number of β-amino-alcohol motifs (C(OH)–C–C–N with tert-alkyl or cyclic N) is 1. The van der Waals surface area contributed by atoms with Crippen molar-refractivity contribution in [1.29, 1.82) is 0 Å². The number of aliphatic imine (C=N–C) groups is 1. The zero-order valence-electron chi connectivity index (χ0n) is 12.9. The minimum atomic E-state index is -0.623. The van der Waals surface area contributed by atoms with Crippen molar-refractivity contribution < 1.29 is 14.7 Å². The van der Waals surface area contributed by atoms with Gasteiger partial charge in [-0.1, -0.05) is 29.3 Å². The Balaban J connectivity index is 1.86. The summed E-state index contributed by atoms with van der Waals surface area (Å²) in [5.74, 6) is -0.347. The molecule has 0 aliphatic carbocycles. The predicted octanol–water partition coefficient (Wildman–Crippen LogP) is 1.42. The number of benzene rings is 1. The van der Waals surface area contributed by atoms with Crippen molar-refractivity contribution >= 4 is 41.5 Å². The van der Waals surface area contributed by atoms with Crippen LogP contribution in [-0.4, -0.2) is 70.5 Å². The summed E-state index contributed by atoms with van der Waals surface area (Å²) in [6, 6.07) is 3.93. The molecular weight excluding hydrogens is 355 g/mol. The number of likely N-dealkylation sites (N-methyl/N-ethyl adjacent to an activating group) is 1. The number of urea groups is 1. The van der Waals surface area contributed by atoms with Gasteiger partial charge in [0.05, 0.1) is 29.5 Å². The van der Waals surface area contributed by atoms with E-state index in [0.29, 0.717) is 15.6 Å². The Hall–Kier alpha value is -1.83. The number of fused-ring (bicyclic) bond motifs is 1. The third kappa shape index (κ3) is 2.83. The maximum Gasteiger partial charge on any atom is 0.328 e. The number of aliphatic hydroxyl groups excluding tert-OH is 1. The van der Waals surface area contributed by atoms with Gasteiger partial charge in [0.2, 0.25) is 0 Å². The van der Waals surface area contributed by atoms with Crippen molar-refractivity contribution in [3.8, 4) is 0 Å². The van der Waals surface area contributed by atoms with E-state index in [-0.39, 0.29) is 25.6 Å². The van der Waals surface area contributed by atoms with E-state index in [1.165, 1.54) is 16.1 Å². The van der Waals surface area contributed by atoms with Crippen LogP contribution in [0.5, 0.6) is 0 Å². The van der Waals surface area contributed by atoms with Crippen LogP contribution in [0, 0.1) is 0 Å². The van der Waals surface area contributed by atoms with Crippen LogP contribution in [0.2, 0.25) is 10.0 Å². The van der Waals surface area contributed by atoms with Gasteiger partial charge >= 0.3 is 6.03 Å². The van der Waals surface area contributed by atoms with Gasteiger partial charge in [-0.05, 0) is 17.7 Å². The quantitative estimate of drug-likeness (QED) is 0.869. The minimum Gasteiger partial charge on any atom is -0.395 e. The molecule has 2 aliphatic heterocycles. The molecule has 2 atom stereocenters. The summed E-state index contributed by atoms with van der Waals surface area (Å²) in [4.78, 5) is 33.8. The van der Waals surface area contributed by atoms with Crippen LogP contribution in [0.25, 0.3) is 0 Å². The molecule has 128 valence electrons. The maximum atomic E-state index is 12.8. The molecule has 0 saturated carbocycles. The van der Waals surface area contributed by atoms with Crippen molar-refractivity contribution in [2.75, 3.05) is 20.2 Å². The van der Waals surface area contributed by atoms with Crippen molar-refractivity contribution in [2.45, 2.75) is 18.8 Å². The molecule has 1 saturated heterocycles. The van der Waals surface area contributed by atoms with Crippen LogP contribution in [0.4, 0.5) is 4.79 Å². The lowest BCUT2D eigenvalue weighted by atomic mass is 10.1. The van der Waals surface area contributed by atoms with Gasteiger partial charge in [-0.2, -0.15) is 0 Å². The minimum absolute atomic E-state index is 0.0923. The molecular formula is C15H16Cl2N4O3. The van der Waals surface area contributed by atoms with E-state index in [1.54, 1.807) is 30.1 Å². The molecule has 0 aromatic heterocycles. The third-order valence-electron chi connectivity index (χ3n) is 4.14. The van der Waals surface area contributed by atoms with Crippen LogP contribution >= 0.6 is 23.2 Å². The van der Waals surface area contributed by atoms with Crippen LogP contribution in [-0.2, 0) is 11.3 Å². The van der Waals surface area contributed by atoms with Crippen molar-refractivity contribution in [1.82, 2.24) is 14.7 Å². The number of nitrogens with zero attached hydrogens (tertiary/aromatic N) is 4. The summed E-state index contributed by atoms with van der Waals surface area (Å²) < 4.78 is 0. The normalized spacial score (nSPS) is 23.2. The van der Waals surface area contributed by atoms with Gasteiger partial charge in [-0.25, -0.2) is 9.79 Å². The fraction of sp³-hybridized carbons (Fsp3) is 0.400. The van der Waals surface area contributed by atoms with Gasteiger partial charge in [0.15, 0.2) is 12.2 Å². The Morgan fingerprint density at radius 1 is 1.25 bits per heavy atom. The van der Waals surface area contributed by atoms with Gasteiger partial charge in [0.1, 0.15) is 0 Å². The number of hydrogen-bond donors (Lipinski definition) is 1. The number of amides is 3. The number of imide groups is 1. The highest BCUT2D eigenvalue weighted by Gasteiger charge is 2.49. The van der Waals surface area contributed by atoms with Gasteiger partial charge in [0, 0.05) is 13.6 Å². The van der Waals surface area contributed by atoms with E-state index in [4.69, 9.17) is 28.3 Å². The molecule has 1 N–H and O–H groups in total. The molecule has 3 amide bonds. The molecule has 7 nitrogen and oxygen atoms in total. The Bertz CT molecular complexity index is 712. The Morgan fingerprint density at radius 2 is 2.00 bits per heavy atom. The van der Waals surface area contributed by atoms with Crippen molar-refractivity contribution in [2.24, 2.45) is 4.99 Å². The second kappa shape index (κ2) is 6.58. The molecule has 3 rings (SSSR count). The Kier molecular flexibility index (Phi) is 4.67. The summed E-state index contributed by atoms with van der Waals surface area (Å²) in [6.45, 7) is 0.265. The smallest absolute Gasteiger partial charge is 0.328 e. The van der Waals surface area contributed by atoms with E-state index in [2.05, 4.69) is 4.99 Å². The lowest BCUT2D eigenvalue weighted by Crippen LogP contribution is -2.64. The van der Waals surface area contributed by atoms with Crippen LogP contribution in [0.3, 0.4) is 0 Å². The van der Waals surface area contributed by atoms with E-state index < -0.39 is 18.2 Å². The SMILES string of the molecule is CN1C(=O)N(Cc2ccc(Cl)c(Cl)c2)C(=O)C2C1N=CN2CCO. The highest BCUT2D eigenvalue weighted by Crippen LogP contribution is 2.28. The lowest BCUT2D eigenvalue weighted by molar-refractivity contribution is -0.138. The fourth-order valence-corrected chi connectivity index (χ4v) is 3.22. The number of halogens is 2. The monoisotopic (exact) mass is 370 g/mol. The molecule has 0 bridgehead atoms. The average molecular weight is 371 g/mol. The van der Waals surface area contributed by atoms with Gasteiger partial charge in [-0.15, -0.1) is 0 Å². The molecule has 24 heavy (non-hydrogen) atoms. The summed E-state index contributed by atoms with van der Waals surface area (Å²) in [7, 11) is 1.61. The molecule has 1 aromatic rings. The number of aliphatic hydroxyl groups is 1. The number of carbonyl (C=O) groups excluding carboxylic acids is 2. The number of carbonyl (C=O) groups is 2. The summed E-state index contributed by atoms with van der Waals surface area (Å²) in [6.07, 6.45) is 0.942. The van der Waals surface area contributed by atoms with Crippen LogP contribution < -0.4 is 0 Å². The van der Waals surface area contributed by atoms with Crippen molar-refractivity contribution in [3.05, 3.63) is 33.8 Å². The highest BCUT2D eigenvalue weighted by molar-refractivity contribution is 6.42. The second-order valence-corrected chi connectivity index (χ2v) is 6.47. The highest BCUT2D eigenvalue weighted by atomic mass is 35.5. The molecule has 9 heteroatoms. The van der Waals surface area contributed by atoms with E-state index in [1.807, 2.05) is 0 Å². The first-order valence-electron chi connectivity index (χ1n) is 7.36. The number of hydrogen-bond acceptors (Lipinski definition) is 5. The molecule has 2 heterocycles. The fourth-order valence-electron chi connectivity index (χ4n) is 2.90. The van der Waals surface area contributed by atoms with Crippen LogP contribution in [0.15, 0.2) is 23.2 Å². The Morgan fingerprint density at radius 3 is 2.67 bits per heavy atom. The van der Waals surface area contributed by atoms with Gasteiger partial charge in [-0.3, -0.25) is 9.69 Å². The van der Waals surface area contributed by atoms with E-state index >= 15 is 0 Å². The average Bonchev–Trinajstić information content (AvgIpc) is 2.97. The summed E-state index contributed by atoms with van der Waals surface area (Å²) >= 11 is 11.9. The van der Waals surface area contributed by atoms with Gasteiger partial charge in [0.25, 0.3) is 5.91 Å². The number of rotatable bonds is 4. The maximum absolute atomic E-state index is 12.8. The standard InChI is InChI=1S/C15H16Cl2N4O3/c1-19-13-12(20(4-5-22)8-18-13)14(23)21(15(19)24)7-9-2-3-10(16)11(17)6-9/h2-3,6,8,12-13,22H,4-5,7H2,1H3. The van der Waals surface area contributed by atoms with E-state index in [9.17, 15) is 9.59 Å². The van der Waals surface area contributed by atoms with Gasteiger partial charge < -0.3 is 14.9 Å². The first-order valence-corrected chi connectivity index (χ1v) is 8.11. The zero-order chi connectivity index (χ0) is 17.4. The summed E-state index contributed by atoms with van der Waals surface area (Å²) in [5, 5.41) is 9.92. The molecule has 0 spiro atoms. The molecule has 2 aliphatic rings. The first kappa shape index (κ1) is 17.0. The molecule has 1 fully saturated rings. The van der Waals surface area contributed by atoms with Crippen LogP contribution in [0.1, 0.15) is 5.56 Å². The summed E-state index contributed by atoms with van der Waals surface area (Å²) in [5.41, 5.74) is 0.700. The second-order valence-electron chi connectivity index (χ2n) is 5.65. The predicted molar refractivity (Wildman–Crippen MR) is 90.0 cm³/mol. The largest absolute Gasteiger partial charge is 0.395 e. The Labute approximate surface area is 149 Å². The molecule has 1 aromatic carbocycles. The molecule has 2 unspecified atom stereocenters. The third-order valence-corrected chi connectivity index (χ3v) is 4.88. The first-order chi connectivity index (χ1) is 11.4. The van der Waals surface area contributed by atoms with E-state index in [0.717, 1.165) is 0 Å². The zero-order valence-corrected chi connectivity index (χ0v) is 14.4.